The van der Waals surface area contributed by atoms with Gasteiger partial charge in [-0.15, -0.1) is 0 Å². The van der Waals surface area contributed by atoms with E-state index < -0.39 is 17.8 Å². The number of carboxylic acid groups (broad SMARTS) is 1. The zero-order chi connectivity index (χ0) is 18.4. The third-order valence-corrected chi connectivity index (χ3v) is 3.55. The maximum atomic E-state index is 12.0. The molecule has 0 saturated carbocycles. The topological polar surface area (TPSA) is 112 Å². The van der Waals surface area contributed by atoms with Gasteiger partial charge in [0.15, 0.2) is 0 Å². The summed E-state index contributed by atoms with van der Waals surface area (Å²) in [7, 11) is 3.67. The third-order valence-electron chi connectivity index (χ3n) is 3.55. The normalized spacial score (nSPS) is 11.8. The van der Waals surface area contributed by atoms with Gasteiger partial charge in [-0.3, -0.25) is 14.5 Å². The van der Waals surface area contributed by atoms with Gasteiger partial charge >= 0.3 is 17.8 Å². The van der Waals surface area contributed by atoms with E-state index in [0.717, 1.165) is 0 Å². The zero-order valence-electron chi connectivity index (χ0n) is 13.9. The summed E-state index contributed by atoms with van der Waals surface area (Å²) in [5, 5.41) is 13.8. The van der Waals surface area contributed by atoms with E-state index in [1.54, 1.807) is 18.4 Å². The molecular formula is C17H19N3O5. The van der Waals surface area contributed by atoms with E-state index in [1.807, 2.05) is 19.0 Å². The molecule has 2 rings (SSSR count). The zero-order valence-corrected chi connectivity index (χ0v) is 13.9. The van der Waals surface area contributed by atoms with E-state index in [2.05, 4.69) is 10.6 Å². The highest BCUT2D eigenvalue weighted by Crippen LogP contribution is 2.17. The smallest absolute Gasteiger partial charge is 0.335 e. The van der Waals surface area contributed by atoms with E-state index in [1.165, 1.54) is 24.3 Å². The maximum absolute atomic E-state index is 12.0. The minimum absolute atomic E-state index is 0.0923. The van der Waals surface area contributed by atoms with E-state index in [-0.39, 0.29) is 18.2 Å². The van der Waals surface area contributed by atoms with Crippen molar-refractivity contribution in [2.45, 2.75) is 6.04 Å². The van der Waals surface area contributed by atoms with E-state index in [4.69, 9.17) is 9.52 Å². The monoisotopic (exact) mass is 345 g/mol. The van der Waals surface area contributed by atoms with Crippen LogP contribution >= 0.6 is 0 Å². The quantitative estimate of drug-likeness (QED) is 0.681. The van der Waals surface area contributed by atoms with Crippen LogP contribution in [-0.2, 0) is 9.59 Å². The number of likely N-dealkylation sites (N-methyl/N-ethyl adjacent to an activating group) is 1. The minimum atomic E-state index is -1.07. The van der Waals surface area contributed by atoms with Crippen molar-refractivity contribution in [3.05, 3.63) is 54.0 Å². The highest BCUT2D eigenvalue weighted by molar-refractivity contribution is 6.39. The van der Waals surface area contributed by atoms with Gasteiger partial charge in [-0.05, 0) is 50.5 Å². The number of carbonyl (C=O) groups is 3. The van der Waals surface area contributed by atoms with Crippen molar-refractivity contribution in [3.8, 4) is 0 Å². The van der Waals surface area contributed by atoms with Crippen molar-refractivity contribution in [3.63, 3.8) is 0 Å². The van der Waals surface area contributed by atoms with Crippen LogP contribution in [0.2, 0.25) is 0 Å². The Bertz CT molecular complexity index is 738. The maximum Gasteiger partial charge on any atom is 0.335 e. The number of rotatable bonds is 6. The van der Waals surface area contributed by atoms with Crippen LogP contribution in [0.1, 0.15) is 22.2 Å². The Balaban J connectivity index is 1.91. The molecule has 2 amide bonds. The van der Waals surface area contributed by atoms with Gasteiger partial charge in [0, 0.05) is 12.2 Å². The summed E-state index contributed by atoms with van der Waals surface area (Å²) >= 11 is 0. The van der Waals surface area contributed by atoms with Crippen molar-refractivity contribution in [1.82, 2.24) is 10.2 Å². The molecule has 0 bridgehead atoms. The van der Waals surface area contributed by atoms with Crippen LogP contribution in [0.3, 0.4) is 0 Å². The molecular weight excluding hydrogens is 326 g/mol. The number of aromatic carboxylic acids is 1. The molecule has 1 heterocycles. The summed E-state index contributed by atoms with van der Waals surface area (Å²) in [6, 6.07) is 8.85. The van der Waals surface area contributed by atoms with E-state index in [0.29, 0.717) is 11.4 Å². The molecule has 0 aliphatic rings. The molecule has 1 atom stereocenters. The van der Waals surface area contributed by atoms with Crippen LogP contribution in [-0.4, -0.2) is 48.4 Å². The molecule has 0 spiro atoms. The van der Waals surface area contributed by atoms with Gasteiger partial charge in [-0.2, -0.15) is 0 Å². The molecule has 0 fully saturated rings. The molecule has 25 heavy (non-hydrogen) atoms. The van der Waals surface area contributed by atoms with Gasteiger partial charge in [0.1, 0.15) is 5.76 Å². The Hall–Kier alpha value is -3.13. The fraction of sp³-hybridized carbons (Fsp3) is 0.235. The fourth-order valence-electron chi connectivity index (χ4n) is 2.17. The molecule has 8 heteroatoms. The average Bonchev–Trinajstić information content (AvgIpc) is 3.09. The van der Waals surface area contributed by atoms with Gasteiger partial charge in [0.05, 0.1) is 17.9 Å². The minimum Gasteiger partial charge on any atom is -0.478 e. The molecule has 3 N–H and O–H groups in total. The first-order chi connectivity index (χ1) is 11.9. The number of nitrogens with one attached hydrogen (secondary N) is 2. The van der Waals surface area contributed by atoms with Gasteiger partial charge < -0.3 is 20.2 Å². The predicted molar refractivity (Wildman–Crippen MR) is 90.2 cm³/mol. The molecule has 0 aliphatic carbocycles. The number of anilines is 1. The number of benzene rings is 1. The van der Waals surface area contributed by atoms with E-state index >= 15 is 0 Å². The second kappa shape index (κ2) is 8.11. The SMILES string of the molecule is CN(C)[C@@H](CNC(=O)C(=O)Nc1ccc(C(=O)O)cc1)c1ccco1. The molecule has 8 nitrogen and oxygen atoms in total. The van der Waals surface area contributed by atoms with Crippen LogP contribution in [0.15, 0.2) is 47.1 Å². The molecule has 0 aliphatic heterocycles. The molecule has 0 unspecified atom stereocenters. The summed E-state index contributed by atoms with van der Waals surface area (Å²) in [5.41, 5.74) is 0.426. The van der Waals surface area contributed by atoms with Gasteiger partial charge in [0.2, 0.25) is 0 Å². The van der Waals surface area contributed by atoms with Crippen molar-refractivity contribution >= 4 is 23.5 Å². The van der Waals surface area contributed by atoms with Crippen molar-refractivity contribution in [1.29, 1.82) is 0 Å². The number of carbonyl (C=O) groups excluding carboxylic acids is 2. The number of nitrogens with zero attached hydrogens (tertiary/aromatic N) is 1. The number of hydrogen-bond donors (Lipinski definition) is 3. The lowest BCUT2D eigenvalue weighted by Crippen LogP contribution is -2.40. The number of furan rings is 1. The Morgan fingerprint density at radius 3 is 2.32 bits per heavy atom. The van der Waals surface area contributed by atoms with Gasteiger partial charge in [0.25, 0.3) is 0 Å². The lowest BCUT2D eigenvalue weighted by molar-refractivity contribution is -0.136. The molecule has 132 valence electrons. The molecule has 2 aromatic rings. The average molecular weight is 345 g/mol. The molecule has 0 saturated heterocycles. The largest absolute Gasteiger partial charge is 0.478 e. The van der Waals surface area contributed by atoms with E-state index in [9.17, 15) is 14.4 Å². The Kier molecular flexibility index (Phi) is 5.91. The summed E-state index contributed by atoms with van der Waals surface area (Å²) in [6.45, 7) is 0.199. The Morgan fingerprint density at radius 1 is 1.12 bits per heavy atom. The van der Waals surface area contributed by atoms with Crippen molar-refractivity contribution in [2.24, 2.45) is 0 Å². The number of carboxylic acids is 1. The summed E-state index contributed by atoms with van der Waals surface area (Å²) < 4.78 is 5.33. The van der Waals surface area contributed by atoms with Crippen LogP contribution in [0.25, 0.3) is 0 Å². The lowest BCUT2D eigenvalue weighted by atomic mass is 10.2. The van der Waals surface area contributed by atoms with Crippen LogP contribution in [0.5, 0.6) is 0 Å². The Morgan fingerprint density at radius 2 is 1.80 bits per heavy atom. The molecule has 1 aromatic heterocycles. The highest BCUT2D eigenvalue weighted by Gasteiger charge is 2.20. The third kappa shape index (κ3) is 4.92. The molecule has 1 aromatic carbocycles. The standard InChI is InChI=1S/C17H19N3O5/c1-20(2)13(14-4-3-9-25-14)10-18-15(21)16(22)19-12-7-5-11(6-8-12)17(23)24/h3-9,13H,10H2,1-2H3,(H,18,21)(H,19,22)(H,23,24)/t13-/m0/s1. The number of hydrogen-bond acceptors (Lipinski definition) is 5. The van der Waals surface area contributed by atoms with Crippen molar-refractivity contribution < 1.29 is 23.9 Å². The van der Waals surface area contributed by atoms with Crippen LogP contribution < -0.4 is 10.6 Å². The van der Waals surface area contributed by atoms with Crippen LogP contribution in [0, 0.1) is 0 Å². The van der Waals surface area contributed by atoms with Crippen LogP contribution in [0.4, 0.5) is 5.69 Å². The fourth-order valence-corrected chi connectivity index (χ4v) is 2.17. The molecule has 0 radical (unpaired) electrons. The predicted octanol–water partition coefficient (Wildman–Crippen LogP) is 1.34. The summed E-state index contributed by atoms with van der Waals surface area (Å²) in [6.07, 6.45) is 1.54. The lowest BCUT2D eigenvalue weighted by Gasteiger charge is -2.22. The highest BCUT2D eigenvalue weighted by atomic mass is 16.4. The summed E-state index contributed by atoms with van der Waals surface area (Å²) in [4.78, 5) is 36.5. The number of amides is 2. The Labute approximate surface area is 144 Å². The summed E-state index contributed by atoms with van der Waals surface area (Å²) in [5.74, 6) is -2.01. The van der Waals surface area contributed by atoms with Gasteiger partial charge in [-0.1, -0.05) is 0 Å². The second-order valence-electron chi connectivity index (χ2n) is 5.54. The van der Waals surface area contributed by atoms with Crippen molar-refractivity contribution in [2.75, 3.05) is 26.0 Å². The van der Waals surface area contributed by atoms with Gasteiger partial charge in [-0.25, -0.2) is 4.79 Å². The second-order valence-corrected chi connectivity index (χ2v) is 5.54. The first-order valence-corrected chi connectivity index (χ1v) is 7.51. The first kappa shape index (κ1) is 18.2. The first-order valence-electron chi connectivity index (χ1n) is 7.51.